The third-order valence-electron chi connectivity index (χ3n) is 3.51. The first-order valence-electron chi connectivity index (χ1n) is 6.70. The molecule has 1 atom stereocenters. The fraction of sp³-hybridized carbons (Fsp3) is 0.571. The van der Waals surface area contributed by atoms with Crippen LogP contribution in [0.5, 0.6) is 0 Å². The van der Waals surface area contributed by atoms with Gasteiger partial charge in [-0.05, 0) is 31.9 Å². The van der Waals surface area contributed by atoms with Crippen LogP contribution in [0.1, 0.15) is 19.8 Å². The second-order valence-corrected chi connectivity index (χ2v) is 4.86. The second-order valence-electron chi connectivity index (χ2n) is 4.86. The molecule has 0 aliphatic carbocycles. The highest BCUT2D eigenvalue weighted by Crippen LogP contribution is 2.17. The van der Waals surface area contributed by atoms with Crippen molar-refractivity contribution in [1.82, 2.24) is 10.3 Å². The maximum atomic E-state index is 11.4. The minimum absolute atomic E-state index is 0.202. The fourth-order valence-corrected chi connectivity index (χ4v) is 2.41. The Kier molecular flexibility index (Phi) is 4.74. The van der Waals surface area contributed by atoms with Crippen molar-refractivity contribution in [2.24, 2.45) is 0 Å². The summed E-state index contributed by atoms with van der Waals surface area (Å²) in [7, 11) is 1.42. The van der Waals surface area contributed by atoms with Gasteiger partial charge in [-0.1, -0.05) is 6.07 Å². The van der Waals surface area contributed by atoms with Gasteiger partial charge in [-0.25, -0.2) is 4.98 Å². The molecular weight excluding hydrogens is 242 g/mol. The monoisotopic (exact) mass is 263 g/mol. The maximum Gasteiger partial charge on any atom is 0.322 e. The number of methoxy groups -OCH3 is 1. The van der Waals surface area contributed by atoms with Gasteiger partial charge in [0.1, 0.15) is 11.9 Å². The summed E-state index contributed by atoms with van der Waals surface area (Å²) in [6.45, 7) is 3.77. The van der Waals surface area contributed by atoms with Gasteiger partial charge in [0.25, 0.3) is 0 Å². The Balaban J connectivity index is 1.81. The zero-order valence-electron chi connectivity index (χ0n) is 11.5. The first-order chi connectivity index (χ1) is 9.20. The van der Waals surface area contributed by atoms with Gasteiger partial charge >= 0.3 is 5.97 Å². The Morgan fingerprint density at radius 3 is 2.79 bits per heavy atom. The van der Waals surface area contributed by atoms with Gasteiger partial charge in [0.15, 0.2) is 0 Å². The van der Waals surface area contributed by atoms with Crippen LogP contribution < -0.4 is 10.2 Å². The Morgan fingerprint density at radius 1 is 1.47 bits per heavy atom. The van der Waals surface area contributed by atoms with Crippen molar-refractivity contribution in [3.05, 3.63) is 24.4 Å². The highest BCUT2D eigenvalue weighted by Gasteiger charge is 2.23. The van der Waals surface area contributed by atoms with Crippen molar-refractivity contribution in [2.45, 2.75) is 31.8 Å². The quantitative estimate of drug-likeness (QED) is 0.827. The molecule has 2 heterocycles. The van der Waals surface area contributed by atoms with E-state index in [1.165, 1.54) is 7.11 Å². The number of anilines is 1. The van der Waals surface area contributed by atoms with Crippen molar-refractivity contribution >= 4 is 11.8 Å². The summed E-state index contributed by atoms with van der Waals surface area (Å²) in [5, 5.41) is 3.32. The number of piperidine rings is 1. The number of carbonyl (C=O) groups excluding carboxylic acids is 1. The maximum absolute atomic E-state index is 11.4. The SMILES string of the molecule is COC(=O)C(C)NC1CCN(c2ccccn2)CC1. The molecule has 0 radical (unpaired) electrons. The highest BCUT2D eigenvalue weighted by molar-refractivity contribution is 5.75. The highest BCUT2D eigenvalue weighted by atomic mass is 16.5. The number of carbonyl (C=O) groups is 1. The summed E-state index contributed by atoms with van der Waals surface area (Å²) in [5.41, 5.74) is 0. The number of rotatable bonds is 4. The lowest BCUT2D eigenvalue weighted by atomic mass is 10.0. The summed E-state index contributed by atoms with van der Waals surface area (Å²) in [5.74, 6) is 0.828. The summed E-state index contributed by atoms with van der Waals surface area (Å²) >= 11 is 0. The first-order valence-corrected chi connectivity index (χ1v) is 6.70. The fourth-order valence-electron chi connectivity index (χ4n) is 2.41. The number of ether oxygens (including phenoxy) is 1. The van der Waals surface area contributed by atoms with Crippen LogP contribution in [0.4, 0.5) is 5.82 Å². The Hall–Kier alpha value is -1.62. The molecule has 0 spiro atoms. The van der Waals surface area contributed by atoms with Gasteiger partial charge in [0.2, 0.25) is 0 Å². The van der Waals surface area contributed by atoms with Crippen LogP contribution in [0.25, 0.3) is 0 Å². The van der Waals surface area contributed by atoms with Crippen molar-refractivity contribution in [1.29, 1.82) is 0 Å². The number of pyridine rings is 1. The van der Waals surface area contributed by atoms with Crippen molar-refractivity contribution in [3.8, 4) is 0 Å². The molecule has 0 amide bonds. The van der Waals surface area contributed by atoms with E-state index < -0.39 is 0 Å². The lowest BCUT2D eigenvalue weighted by Gasteiger charge is -2.34. The first kappa shape index (κ1) is 13.8. The molecule has 1 saturated heterocycles. The number of hydrogen-bond acceptors (Lipinski definition) is 5. The van der Waals surface area contributed by atoms with Crippen LogP contribution in [0.2, 0.25) is 0 Å². The molecule has 1 aromatic rings. The molecule has 2 rings (SSSR count). The summed E-state index contributed by atoms with van der Waals surface area (Å²) in [6, 6.07) is 6.10. The molecule has 19 heavy (non-hydrogen) atoms. The van der Waals surface area contributed by atoms with Crippen molar-refractivity contribution in [3.63, 3.8) is 0 Å². The van der Waals surface area contributed by atoms with E-state index in [2.05, 4.69) is 15.2 Å². The number of nitrogens with one attached hydrogen (secondary N) is 1. The molecule has 1 unspecified atom stereocenters. The average molecular weight is 263 g/mol. The second kappa shape index (κ2) is 6.52. The molecule has 1 fully saturated rings. The smallest absolute Gasteiger partial charge is 0.322 e. The molecule has 1 N–H and O–H groups in total. The predicted molar refractivity (Wildman–Crippen MR) is 74.1 cm³/mol. The number of nitrogens with zero attached hydrogens (tertiary/aromatic N) is 2. The van der Waals surface area contributed by atoms with Crippen molar-refractivity contribution in [2.75, 3.05) is 25.1 Å². The normalized spacial score (nSPS) is 18.1. The molecule has 5 nitrogen and oxygen atoms in total. The van der Waals surface area contributed by atoms with Crippen molar-refractivity contribution < 1.29 is 9.53 Å². The van der Waals surface area contributed by atoms with Crippen LogP contribution in [-0.2, 0) is 9.53 Å². The molecule has 104 valence electrons. The lowest BCUT2D eigenvalue weighted by Crippen LogP contribution is -2.48. The van der Waals surface area contributed by atoms with E-state index >= 15 is 0 Å². The summed E-state index contributed by atoms with van der Waals surface area (Å²) in [4.78, 5) is 18.0. The zero-order chi connectivity index (χ0) is 13.7. The van der Waals surface area contributed by atoms with Gasteiger partial charge in [0, 0.05) is 25.3 Å². The topological polar surface area (TPSA) is 54.5 Å². The third-order valence-corrected chi connectivity index (χ3v) is 3.51. The molecule has 1 aliphatic rings. The van der Waals surface area contributed by atoms with Gasteiger partial charge in [-0.3, -0.25) is 4.79 Å². The van der Waals surface area contributed by atoms with E-state index in [0.29, 0.717) is 6.04 Å². The predicted octanol–water partition coefficient (Wildman–Crippen LogP) is 1.20. The minimum atomic E-state index is -0.239. The van der Waals surface area contributed by atoms with Crippen LogP contribution in [0.3, 0.4) is 0 Å². The van der Waals surface area contributed by atoms with Crippen LogP contribution in [0, 0.1) is 0 Å². The molecule has 1 aromatic heterocycles. The van der Waals surface area contributed by atoms with E-state index in [1.54, 1.807) is 0 Å². The molecule has 1 aliphatic heterocycles. The Morgan fingerprint density at radius 2 is 2.21 bits per heavy atom. The van der Waals surface area contributed by atoms with Gasteiger partial charge in [-0.2, -0.15) is 0 Å². The molecule has 0 aromatic carbocycles. The van der Waals surface area contributed by atoms with Gasteiger partial charge in [0.05, 0.1) is 7.11 Å². The van der Waals surface area contributed by atoms with E-state index in [9.17, 15) is 4.79 Å². The standard InChI is InChI=1S/C14H21N3O2/c1-11(14(18)19-2)16-12-6-9-17(10-7-12)13-5-3-4-8-15-13/h3-5,8,11-12,16H,6-7,9-10H2,1-2H3. The molecule has 5 heteroatoms. The van der Waals surface area contributed by atoms with E-state index in [4.69, 9.17) is 4.74 Å². The largest absolute Gasteiger partial charge is 0.468 e. The van der Waals surface area contributed by atoms with E-state index in [-0.39, 0.29) is 12.0 Å². The number of aromatic nitrogens is 1. The molecule has 0 bridgehead atoms. The van der Waals surface area contributed by atoms with Gasteiger partial charge < -0.3 is 15.0 Å². The zero-order valence-corrected chi connectivity index (χ0v) is 11.5. The summed E-state index contributed by atoms with van der Waals surface area (Å²) in [6.07, 6.45) is 3.84. The average Bonchev–Trinajstić information content (AvgIpc) is 2.48. The van der Waals surface area contributed by atoms with E-state index in [1.807, 2.05) is 31.3 Å². The summed E-state index contributed by atoms with van der Waals surface area (Å²) < 4.78 is 4.72. The van der Waals surface area contributed by atoms with Crippen LogP contribution in [-0.4, -0.2) is 43.2 Å². The number of esters is 1. The molecular formula is C14H21N3O2. The minimum Gasteiger partial charge on any atom is -0.468 e. The van der Waals surface area contributed by atoms with Gasteiger partial charge in [-0.15, -0.1) is 0 Å². The Bertz CT molecular complexity index is 402. The van der Waals surface area contributed by atoms with Crippen LogP contribution in [0.15, 0.2) is 24.4 Å². The number of hydrogen-bond donors (Lipinski definition) is 1. The Labute approximate surface area is 114 Å². The van der Waals surface area contributed by atoms with Crippen LogP contribution >= 0.6 is 0 Å². The van der Waals surface area contributed by atoms with E-state index in [0.717, 1.165) is 31.7 Å². The lowest BCUT2D eigenvalue weighted by molar-refractivity contribution is -0.142. The third kappa shape index (κ3) is 3.67. The molecule has 0 saturated carbocycles.